The smallest absolute Gasteiger partial charge is 0.394 e. The minimum Gasteiger partial charge on any atom is -0.394 e. The molecule has 0 saturated carbocycles. The lowest BCUT2D eigenvalue weighted by molar-refractivity contribution is 0.295. The van der Waals surface area contributed by atoms with Crippen LogP contribution in [0.2, 0.25) is 0 Å². The molecule has 0 atom stereocenters. The molecule has 0 fully saturated rings. The molecule has 41 heavy (non-hydrogen) atoms. The maximum atomic E-state index is 13.7. The molecule has 0 aromatic heterocycles. The zero-order valence-electron chi connectivity index (χ0n) is 22.9. The molecule has 0 unspecified atom stereocenters. The lowest BCUT2D eigenvalue weighted by Gasteiger charge is -2.18. The van der Waals surface area contributed by atoms with Crippen LogP contribution in [0.4, 0.5) is 0 Å². The summed E-state index contributed by atoms with van der Waals surface area (Å²) in [6.07, 6.45) is 1.85. The molecule has 0 spiro atoms. The SMILES string of the molecule is CCc1ccc(-c2cc3ccccc3c3c2OP(=O)(O)Oc2c(-c4ccc(CC)cc4)cc4ccccc4c2-3)cc1. The van der Waals surface area contributed by atoms with Crippen LogP contribution >= 0.6 is 7.82 Å². The average Bonchev–Trinajstić information content (AvgIpc) is 3.13. The summed E-state index contributed by atoms with van der Waals surface area (Å²) >= 11 is 0. The van der Waals surface area contributed by atoms with E-state index in [1.165, 1.54) is 11.1 Å². The molecule has 0 bridgehead atoms. The Labute approximate surface area is 239 Å². The fraction of sp³-hybridized carbons (Fsp3) is 0.111. The van der Waals surface area contributed by atoms with E-state index in [2.05, 4.69) is 50.2 Å². The molecule has 5 heteroatoms. The number of hydrogen-bond acceptors (Lipinski definition) is 3. The first-order valence-corrected chi connectivity index (χ1v) is 15.5. The van der Waals surface area contributed by atoms with Gasteiger partial charge in [-0.3, -0.25) is 4.89 Å². The quantitative estimate of drug-likeness (QED) is 0.220. The Morgan fingerprint density at radius 1 is 0.585 bits per heavy atom. The van der Waals surface area contributed by atoms with E-state index in [4.69, 9.17) is 9.05 Å². The van der Waals surface area contributed by atoms with Gasteiger partial charge in [0.25, 0.3) is 0 Å². The summed E-state index contributed by atoms with van der Waals surface area (Å²) in [6.45, 7) is 4.24. The van der Waals surface area contributed by atoms with Crippen LogP contribution in [0.25, 0.3) is 54.9 Å². The van der Waals surface area contributed by atoms with Crippen molar-refractivity contribution in [2.75, 3.05) is 0 Å². The van der Waals surface area contributed by atoms with Gasteiger partial charge in [-0.1, -0.05) is 111 Å². The number of fused-ring (bicyclic) bond motifs is 7. The number of phosphoric acid groups is 1. The van der Waals surface area contributed by atoms with Crippen LogP contribution < -0.4 is 9.05 Å². The molecule has 0 aliphatic carbocycles. The van der Waals surface area contributed by atoms with Crippen molar-refractivity contribution in [1.29, 1.82) is 0 Å². The molecule has 1 aliphatic heterocycles. The van der Waals surface area contributed by atoms with Crippen molar-refractivity contribution >= 4 is 29.4 Å². The van der Waals surface area contributed by atoms with Gasteiger partial charge in [0, 0.05) is 22.3 Å². The van der Waals surface area contributed by atoms with Crippen LogP contribution in [-0.4, -0.2) is 4.89 Å². The van der Waals surface area contributed by atoms with E-state index in [1.54, 1.807) is 0 Å². The molecule has 0 radical (unpaired) electrons. The Morgan fingerprint density at radius 3 is 1.37 bits per heavy atom. The lowest BCUT2D eigenvalue weighted by Crippen LogP contribution is -2.00. The first kappa shape index (κ1) is 25.6. The minimum atomic E-state index is -4.58. The number of hydrogen-bond donors (Lipinski definition) is 1. The summed E-state index contributed by atoms with van der Waals surface area (Å²) in [5.41, 5.74) is 7.24. The van der Waals surface area contributed by atoms with Gasteiger partial charge in [0.1, 0.15) is 11.5 Å². The molecule has 1 heterocycles. The highest BCUT2D eigenvalue weighted by Gasteiger charge is 2.37. The van der Waals surface area contributed by atoms with Gasteiger partial charge in [0.2, 0.25) is 0 Å². The summed E-state index contributed by atoms with van der Waals surface area (Å²) in [5.74, 6) is 0.697. The third kappa shape index (κ3) is 4.41. The third-order valence-electron chi connectivity index (χ3n) is 8.01. The van der Waals surface area contributed by atoms with Crippen molar-refractivity contribution in [3.63, 3.8) is 0 Å². The maximum absolute atomic E-state index is 13.7. The largest absolute Gasteiger partial charge is 0.584 e. The van der Waals surface area contributed by atoms with E-state index in [0.717, 1.165) is 67.8 Å². The van der Waals surface area contributed by atoms with Gasteiger partial charge in [-0.05, 0) is 68.8 Å². The predicted octanol–water partition coefficient (Wildman–Crippen LogP) is 9.99. The van der Waals surface area contributed by atoms with E-state index in [1.807, 2.05) is 72.8 Å². The Morgan fingerprint density at radius 2 is 0.976 bits per heavy atom. The van der Waals surface area contributed by atoms with Crippen LogP contribution in [0, 0.1) is 0 Å². The van der Waals surface area contributed by atoms with Crippen LogP contribution in [-0.2, 0) is 17.4 Å². The fourth-order valence-electron chi connectivity index (χ4n) is 5.86. The molecular formula is C36H29O4P. The van der Waals surface area contributed by atoms with Gasteiger partial charge < -0.3 is 9.05 Å². The average molecular weight is 557 g/mol. The Kier molecular flexibility index (Phi) is 6.19. The topological polar surface area (TPSA) is 55.8 Å². The monoisotopic (exact) mass is 556 g/mol. The summed E-state index contributed by atoms with van der Waals surface area (Å²) in [5, 5.41) is 3.86. The lowest BCUT2D eigenvalue weighted by atomic mass is 9.86. The normalized spacial score (nSPS) is 13.6. The van der Waals surface area contributed by atoms with Crippen LogP contribution in [0.15, 0.2) is 109 Å². The van der Waals surface area contributed by atoms with Crippen molar-refractivity contribution in [2.24, 2.45) is 0 Å². The fourth-order valence-corrected chi connectivity index (χ4v) is 6.74. The van der Waals surface area contributed by atoms with E-state index < -0.39 is 7.82 Å². The van der Waals surface area contributed by atoms with E-state index >= 15 is 0 Å². The first-order chi connectivity index (χ1) is 20.0. The second-order valence-corrected chi connectivity index (χ2v) is 11.8. The Bertz CT molecular complexity index is 1850. The van der Waals surface area contributed by atoms with Crippen LogP contribution in [0.1, 0.15) is 25.0 Å². The zero-order valence-corrected chi connectivity index (χ0v) is 23.8. The Hall–Kier alpha value is -4.37. The van der Waals surface area contributed by atoms with Crippen molar-refractivity contribution in [2.45, 2.75) is 26.7 Å². The van der Waals surface area contributed by atoms with Gasteiger partial charge in [-0.25, -0.2) is 4.57 Å². The highest BCUT2D eigenvalue weighted by molar-refractivity contribution is 7.48. The van der Waals surface area contributed by atoms with Crippen LogP contribution in [0.5, 0.6) is 11.5 Å². The van der Waals surface area contributed by atoms with Gasteiger partial charge in [-0.2, -0.15) is 0 Å². The summed E-state index contributed by atoms with van der Waals surface area (Å²) in [7, 11) is -4.58. The van der Waals surface area contributed by atoms with Crippen LogP contribution in [0.3, 0.4) is 0 Å². The number of aryl methyl sites for hydroxylation is 2. The highest BCUT2D eigenvalue weighted by Crippen LogP contribution is 2.61. The van der Waals surface area contributed by atoms with Crippen molar-refractivity contribution in [3.8, 4) is 44.9 Å². The van der Waals surface area contributed by atoms with E-state index in [-0.39, 0.29) is 0 Å². The summed E-state index contributed by atoms with van der Waals surface area (Å²) in [6, 6.07) is 36.8. The third-order valence-corrected chi connectivity index (χ3v) is 8.84. The minimum absolute atomic E-state index is 0.348. The maximum Gasteiger partial charge on any atom is 0.584 e. The summed E-state index contributed by atoms with van der Waals surface area (Å²) in [4.78, 5) is 11.2. The second kappa shape index (κ2) is 9.92. The van der Waals surface area contributed by atoms with Crippen molar-refractivity contribution < 1.29 is 18.5 Å². The molecule has 202 valence electrons. The molecule has 6 aromatic carbocycles. The zero-order chi connectivity index (χ0) is 28.1. The molecule has 0 saturated heterocycles. The molecule has 1 N–H and O–H groups in total. The molecule has 7 rings (SSSR count). The van der Waals surface area contributed by atoms with Gasteiger partial charge in [0.15, 0.2) is 0 Å². The van der Waals surface area contributed by atoms with Crippen molar-refractivity contribution in [3.05, 3.63) is 120 Å². The summed E-state index contributed by atoms with van der Waals surface area (Å²) < 4.78 is 25.8. The Balaban J connectivity index is 1.64. The van der Waals surface area contributed by atoms with Crippen molar-refractivity contribution in [1.82, 2.24) is 0 Å². The number of phosphoric ester groups is 1. The second-order valence-electron chi connectivity index (χ2n) is 10.5. The highest BCUT2D eigenvalue weighted by atomic mass is 31.2. The van der Waals surface area contributed by atoms with E-state index in [0.29, 0.717) is 11.5 Å². The first-order valence-electron chi connectivity index (χ1n) is 14.0. The van der Waals surface area contributed by atoms with E-state index in [9.17, 15) is 9.46 Å². The van der Waals surface area contributed by atoms with Gasteiger partial charge in [0.05, 0.1) is 0 Å². The molecule has 1 aliphatic rings. The molecule has 4 nitrogen and oxygen atoms in total. The van der Waals surface area contributed by atoms with Gasteiger partial charge >= 0.3 is 7.82 Å². The molecule has 6 aromatic rings. The predicted molar refractivity (Wildman–Crippen MR) is 168 cm³/mol. The standard InChI is InChI=1S/C36H29O4P/c1-3-23-13-17-25(18-14-23)31-21-27-9-5-7-11-29(27)33-34-30-12-8-6-10-28(30)22-32(26-19-15-24(4-2)16-20-26)36(34)40-41(37,38)39-35(31)33/h5-22H,3-4H2,1-2H3,(H,37,38). The number of benzene rings is 6. The molecule has 0 amide bonds. The molecular weight excluding hydrogens is 527 g/mol. The number of rotatable bonds is 4. The van der Waals surface area contributed by atoms with Gasteiger partial charge in [-0.15, -0.1) is 0 Å².